The van der Waals surface area contributed by atoms with Crippen molar-refractivity contribution in [2.45, 2.75) is 76.3 Å². The van der Waals surface area contributed by atoms with Crippen LogP contribution in [0, 0.1) is 11.8 Å². The molecule has 0 radical (unpaired) electrons. The third-order valence-electron chi connectivity index (χ3n) is 7.70. The molecule has 3 N–H and O–H groups in total. The molecular weight excluding hydrogens is 352 g/mol. The summed E-state index contributed by atoms with van der Waals surface area (Å²) in [6, 6.07) is 21.5. The van der Waals surface area contributed by atoms with Gasteiger partial charge in [-0.25, -0.2) is 0 Å². The van der Waals surface area contributed by atoms with Gasteiger partial charge in [-0.05, 0) is 55.7 Å². The van der Waals surface area contributed by atoms with E-state index in [2.05, 4.69) is 86.9 Å². The summed E-state index contributed by atoms with van der Waals surface area (Å²) in [4.78, 5) is 0. The van der Waals surface area contributed by atoms with Gasteiger partial charge in [-0.1, -0.05) is 100 Å². The predicted octanol–water partition coefficient (Wildman–Crippen LogP) is 6.36. The summed E-state index contributed by atoms with van der Waals surface area (Å²) in [5.41, 5.74) is 9.45. The van der Waals surface area contributed by atoms with E-state index in [1.807, 2.05) is 0 Å². The molecule has 0 aromatic heterocycles. The van der Waals surface area contributed by atoms with Crippen LogP contribution in [-0.2, 0) is 11.1 Å². The van der Waals surface area contributed by atoms with Crippen molar-refractivity contribution < 1.29 is 0 Å². The van der Waals surface area contributed by atoms with E-state index < -0.39 is 0 Å². The number of rotatable bonds is 3. The second-order valence-electron chi connectivity index (χ2n) is 9.29. The van der Waals surface area contributed by atoms with Crippen molar-refractivity contribution in [3.63, 3.8) is 0 Å². The van der Waals surface area contributed by atoms with Crippen molar-refractivity contribution in [3.8, 4) is 0 Å². The topological polar surface area (TPSA) is 38.0 Å². The number of nitrogens with two attached hydrogens (primary N) is 1. The molecule has 0 aliphatic heterocycles. The Balaban J connectivity index is 0.000000166. The molecule has 2 aromatic carbocycles. The van der Waals surface area contributed by atoms with E-state index in [0.717, 1.165) is 12.3 Å². The van der Waals surface area contributed by atoms with Gasteiger partial charge in [0.2, 0.25) is 0 Å². The number of benzene rings is 2. The number of hydrogen-bond donors (Lipinski definition) is 2. The highest BCUT2D eigenvalue weighted by molar-refractivity contribution is 5.26. The van der Waals surface area contributed by atoms with Gasteiger partial charge in [0.1, 0.15) is 0 Å². The van der Waals surface area contributed by atoms with Gasteiger partial charge >= 0.3 is 0 Å². The maximum Gasteiger partial charge on any atom is 0.0458 e. The zero-order valence-corrected chi connectivity index (χ0v) is 18.7. The average molecular weight is 393 g/mol. The van der Waals surface area contributed by atoms with Crippen molar-refractivity contribution in [2.24, 2.45) is 17.6 Å². The minimum Gasteiger partial charge on any atom is -0.321 e. The van der Waals surface area contributed by atoms with Crippen molar-refractivity contribution in [2.75, 3.05) is 7.05 Å². The van der Waals surface area contributed by atoms with E-state index in [-0.39, 0.29) is 11.1 Å². The smallest absolute Gasteiger partial charge is 0.0458 e. The Morgan fingerprint density at radius 3 is 1.76 bits per heavy atom. The fourth-order valence-electron chi connectivity index (χ4n) is 5.58. The summed E-state index contributed by atoms with van der Waals surface area (Å²) in [5, 5.41) is 3.58. The van der Waals surface area contributed by atoms with E-state index in [9.17, 15) is 0 Å². The lowest BCUT2D eigenvalue weighted by Crippen LogP contribution is -2.47. The van der Waals surface area contributed by atoms with Crippen molar-refractivity contribution in [3.05, 3.63) is 71.8 Å². The Morgan fingerprint density at radius 2 is 1.24 bits per heavy atom. The quantitative estimate of drug-likeness (QED) is 0.637. The summed E-state index contributed by atoms with van der Waals surface area (Å²) in [5.74, 6) is 1.34. The molecule has 4 rings (SSSR count). The molecule has 0 spiro atoms. The van der Waals surface area contributed by atoms with E-state index in [4.69, 9.17) is 5.73 Å². The summed E-state index contributed by atoms with van der Waals surface area (Å²) < 4.78 is 0. The lowest BCUT2D eigenvalue weighted by Gasteiger charge is -2.43. The maximum atomic E-state index is 6.52. The SMILES string of the molecule is CC1CCCC[C@]1(N)c1ccccc1.CN[C@]1(c2ccccc2)CCCCC1C. The Hall–Kier alpha value is -1.64. The first-order valence-corrected chi connectivity index (χ1v) is 11.6. The van der Waals surface area contributed by atoms with Gasteiger partial charge in [0.25, 0.3) is 0 Å². The van der Waals surface area contributed by atoms with Gasteiger partial charge in [-0.15, -0.1) is 0 Å². The maximum absolute atomic E-state index is 6.52. The molecule has 4 atom stereocenters. The summed E-state index contributed by atoms with van der Waals surface area (Å²) in [6.45, 7) is 4.66. The summed E-state index contributed by atoms with van der Waals surface area (Å²) in [7, 11) is 2.11. The third-order valence-corrected chi connectivity index (χ3v) is 7.70. The predicted molar refractivity (Wildman–Crippen MR) is 125 cm³/mol. The van der Waals surface area contributed by atoms with Gasteiger partial charge in [0, 0.05) is 11.1 Å². The molecule has 0 bridgehead atoms. The highest BCUT2D eigenvalue weighted by atomic mass is 15.0. The second-order valence-corrected chi connectivity index (χ2v) is 9.29. The fourth-order valence-corrected chi connectivity index (χ4v) is 5.58. The highest BCUT2D eigenvalue weighted by Crippen LogP contribution is 2.41. The molecule has 2 saturated carbocycles. The molecule has 2 nitrogen and oxygen atoms in total. The molecule has 2 aromatic rings. The van der Waals surface area contributed by atoms with Crippen molar-refractivity contribution >= 4 is 0 Å². The Bertz CT molecular complexity index is 729. The lowest BCUT2D eigenvalue weighted by atomic mass is 9.70. The standard InChI is InChI=1S/C14H21N.C13H19N/c1-12-8-6-7-11-14(12,15-2)13-9-4-3-5-10-13;1-11-7-5-6-10-13(11,14)12-8-3-2-4-9-12/h3-5,9-10,12,15H,6-8,11H2,1-2H3;2-4,8-9,11H,5-7,10,14H2,1H3/t12?,14-;11?,13-/m11/s1. The molecule has 2 fully saturated rings. The van der Waals surface area contributed by atoms with Crippen molar-refractivity contribution in [1.82, 2.24) is 5.32 Å². The first kappa shape index (κ1) is 22.1. The molecule has 0 heterocycles. The number of nitrogens with one attached hydrogen (secondary N) is 1. The van der Waals surface area contributed by atoms with Crippen LogP contribution in [0.5, 0.6) is 0 Å². The van der Waals surface area contributed by atoms with Crippen LogP contribution in [0.1, 0.15) is 76.3 Å². The molecule has 2 heteroatoms. The molecular formula is C27H40N2. The summed E-state index contributed by atoms with van der Waals surface area (Å²) in [6.07, 6.45) is 10.4. The normalized spacial score (nSPS) is 32.1. The summed E-state index contributed by atoms with van der Waals surface area (Å²) >= 11 is 0. The van der Waals surface area contributed by atoms with Crippen LogP contribution in [0.4, 0.5) is 0 Å². The van der Waals surface area contributed by atoms with Crippen LogP contribution < -0.4 is 11.1 Å². The van der Waals surface area contributed by atoms with Crippen molar-refractivity contribution in [1.29, 1.82) is 0 Å². The molecule has 2 unspecified atom stereocenters. The molecule has 0 saturated heterocycles. The molecule has 2 aliphatic rings. The Labute approximate surface area is 178 Å². The van der Waals surface area contributed by atoms with Gasteiger partial charge in [0.15, 0.2) is 0 Å². The molecule has 2 aliphatic carbocycles. The highest BCUT2D eigenvalue weighted by Gasteiger charge is 2.38. The second kappa shape index (κ2) is 9.91. The fraction of sp³-hybridized carbons (Fsp3) is 0.556. The Kier molecular flexibility index (Phi) is 7.54. The minimum absolute atomic E-state index is 0.0699. The van der Waals surface area contributed by atoms with E-state index in [1.165, 1.54) is 56.1 Å². The van der Waals surface area contributed by atoms with Crippen LogP contribution >= 0.6 is 0 Å². The molecule has 0 amide bonds. The van der Waals surface area contributed by atoms with E-state index >= 15 is 0 Å². The zero-order valence-electron chi connectivity index (χ0n) is 18.7. The average Bonchev–Trinajstić information content (AvgIpc) is 2.78. The van der Waals surface area contributed by atoms with Gasteiger partial charge < -0.3 is 11.1 Å². The van der Waals surface area contributed by atoms with Gasteiger partial charge in [-0.3, -0.25) is 0 Å². The molecule has 29 heavy (non-hydrogen) atoms. The Morgan fingerprint density at radius 1 is 0.724 bits per heavy atom. The van der Waals surface area contributed by atoms with Gasteiger partial charge in [0.05, 0.1) is 0 Å². The van der Waals surface area contributed by atoms with Crippen LogP contribution in [0.25, 0.3) is 0 Å². The van der Waals surface area contributed by atoms with Crippen LogP contribution in [0.2, 0.25) is 0 Å². The van der Waals surface area contributed by atoms with E-state index in [0.29, 0.717) is 5.92 Å². The third kappa shape index (κ3) is 4.75. The lowest BCUT2D eigenvalue weighted by molar-refractivity contribution is 0.165. The first-order valence-electron chi connectivity index (χ1n) is 11.6. The van der Waals surface area contributed by atoms with Crippen LogP contribution in [-0.4, -0.2) is 7.05 Å². The monoisotopic (exact) mass is 392 g/mol. The largest absolute Gasteiger partial charge is 0.321 e. The van der Waals surface area contributed by atoms with Gasteiger partial charge in [-0.2, -0.15) is 0 Å². The van der Waals surface area contributed by atoms with Crippen LogP contribution in [0.3, 0.4) is 0 Å². The zero-order chi connectivity index (χ0) is 20.7. The molecule has 158 valence electrons. The van der Waals surface area contributed by atoms with Crippen LogP contribution in [0.15, 0.2) is 60.7 Å². The number of hydrogen-bond acceptors (Lipinski definition) is 2. The minimum atomic E-state index is -0.0699. The first-order chi connectivity index (χ1) is 14.0. The van der Waals surface area contributed by atoms with E-state index in [1.54, 1.807) is 0 Å².